The van der Waals surface area contributed by atoms with E-state index in [1.54, 1.807) is 0 Å². The van der Waals surface area contributed by atoms with E-state index in [-0.39, 0.29) is 24.8 Å². The molecule has 7 nitrogen and oxygen atoms in total. The minimum atomic E-state index is -1.06. The summed E-state index contributed by atoms with van der Waals surface area (Å²) in [4.78, 5) is 27.0. The van der Waals surface area contributed by atoms with Crippen molar-refractivity contribution in [2.75, 3.05) is 6.54 Å². The Kier molecular flexibility index (Phi) is 25.9. The highest BCUT2D eigenvalue weighted by molar-refractivity contribution is 5.83. The average Bonchev–Trinajstić information content (AvgIpc) is 2.86. The van der Waals surface area contributed by atoms with Crippen molar-refractivity contribution in [3.8, 4) is 0 Å². The van der Waals surface area contributed by atoms with Crippen molar-refractivity contribution in [3.63, 3.8) is 0 Å². The lowest BCUT2D eigenvalue weighted by Gasteiger charge is -2.13. The number of guanidine groups is 1. The molecule has 0 aromatic carbocycles. The Labute approximate surface area is 228 Å². The number of carbonyl (C=O) groups excluding carboxylic acids is 1. The maximum absolute atomic E-state index is 12.0. The van der Waals surface area contributed by atoms with Crippen LogP contribution >= 0.6 is 0 Å². The van der Waals surface area contributed by atoms with Crippen LogP contribution in [0.4, 0.5) is 0 Å². The Balaban J connectivity index is 3.36. The zero-order chi connectivity index (χ0) is 27.4. The predicted molar refractivity (Wildman–Crippen MR) is 157 cm³/mol. The Hall–Kier alpha value is -1.79. The van der Waals surface area contributed by atoms with Crippen LogP contribution in [0.15, 0.2) is 4.99 Å². The smallest absolute Gasteiger partial charge is 0.326 e. The number of aliphatic imine (C=N–C) groups is 1. The molecule has 218 valence electrons. The summed E-state index contributed by atoms with van der Waals surface area (Å²) in [6.45, 7) is 2.46. The summed E-state index contributed by atoms with van der Waals surface area (Å²) in [7, 11) is 0. The van der Waals surface area contributed by atoms with E-state index in [1.807, 2.05) is 0 Å². The van der Waals surface area contributed by atoms with Crippen LogP contribution in [0.25, 0.3) is 0 Å². The molecule has 37 heavy (non-hydrogen) atoms. The van der Waals surface area contributed by atoms with Crippen LogP contribution in [0, 0.1) is 0 Å². The van der Waals surface area contributed by atoms with Crippen LogP contribution in [0.5, 0.6) is 0 Å². The number of nitrogens with one attached hydrogen (secondary N) is 1. The Morgan fingerprint density at radius 1 is 0.649 bits per heavy atom. The molecule has 0 rings (SSSR count). The average molecular weight is 525 g/mol. The van der Waals surface area contributed by atoms with Crippen molar-refractivity contribution in [2.24, 2.45) is 16.5 Å². The zero-order valence-electron chi connectivity index (χ0n) is 24.1. The van der Waals surface area contributed by atoms with Gasteiger partial charge in [0.25, 0.3) is 0 Å². The van der Waals surface area contributed by atoms with Crippen molar-refractivity contribution in [2.45, 2.75) is 167 Å². The van der Waals surface area contributed by atoms with Crippen molar-refractivity contribution in [1.29, 1.82) is 0 Å². The maximum atomic E-state index is 12.0. The van der Waals surface area contributed by atoms with Crippen LogP contribution in [-0.4, -0.2) is 35.5 Å². The third kappa shape index (κ3) is 27.1. The summed E-state index contributed by atoms with van der Waals surface area (Å²) in [6, 6.07) is -0.949. The minimum Gasteiger partial charge on any atom is -0.480 e. The van der Waals surface area contributed by atoms with Crippen LogP contribution in [0.2, 0.25) is 0 Å². The number of hydrogen-bond acceptors (Lipinski definition) is 3. The lowest BCUT2D eigenvalue weighted by atomic mass is 10.0. The fraction of sp³-hybridized carbons (Fsp3) is 0.900. The van der Waals surface area contributed by atoms with Crippen molar-refractivity contribution < 1.29 is 14.7 Å². The van der Waals surface area contributed by atoms with E-state index in [4.69, 9.17) is 11.5 Å². The molecule has 0 spiro atoms. The van der Waals surface area contributed by atoms with E-state index in [9.17, 15) is 14.7 Å². The van der Waals surface area contributed by atoms with Gasteiger partial charge >= 0.3 is 5.97 Å². The Morgan fingerprint density at radius 3 is 1.32 bits per heavy atom. The van der Waals surface area contributed by atoms with Gasteiger partial charge < -0.3 is 21.9 Å². The first kappa shape index (κ1) is 35.2. The predicted octanol–water partition coefficient (Wildman–Crippen LogP) is 7.21. The Morgan fingerprint density at radius 2 is 1.00 bits per heavy atom. The summed E-state index contributed by atoms with van der Waals surface area (Å²) < 4.78 is 0. The first-order valence-corrected chi connectivity index (χ1v) is 15.5. The van der Waals surface area contributed by atoms with Crippen LogP contribution in [-0.2, 0) is 9.59 Å². The number of unbranched alkanes of at least 4 members (excludes halogenated alkanes) is 21. The molecule has 1 amide bonds. The molecule has 0 aromatic rings. The molecule has 0 bridgehead atoms. The normalized spacial score (nSPS) is 11.8. The standard InChI is InChI=1S/C30H60N4O3/c1-2-3-4-5-6-7-8-9-10-11-12-13-14-15-16-17-18-19-20-21-22-23-24-28(35)34-27(29(36)37)25-26-33-30(31)32/h27H,2-26H2,1H3,(H,34,35)(H,36,37)(H4,31,32,33)/t27-/m0/s1. The second-order valence-corrected chi connectivity index (χ2v) is 10.7. The molecule has 0 radical (unpaired) electrons. The number of carboxylic acid groups (broad SMARTS) is 1. The van der Waals surface area contributed by atoms with Crippen molar-refractivity contribution in [1.82, 2.24) is 5.32 Å². The molecule has 0 saturated heterocycles. The molecule has 0 fully saturated rings. The quantitative estimate of drug-likeness (QED) is 0.0488. The van der Waals surface area contributed by atoms with Crippen LogP contribution in [0.1, 0.15) is 161 Å². The molecule has 0 saturated carbocycles. The van der Waals surface area contributed by atoms with E-state index in [1.165, 1.54) is 122 Å². The number of aliphatic carboxylic acids is 1. The van der Waals surface area contributed by atoms with Gasteiger partial charge in [0.1, 0.15) is 6.04 Å². The van der Waals surface area contributed by atoms with Gasteiger partial charge in [-0.15, -0.1) is 0 Å². The summed E-state index contributed by atoms with van der Waals surface area (Å²) in [5.74, 6) is -1.36. The SMILES string of the molecule is CCCCCCCCCCCCCCCCCCCCCCCCC(=O)N[C@@H](CCN=C(N)N)C(=O)O. The number of hydrogen-bond donors (Lipinski definition) is 4. The van der Waals surface area contributed by atoms with Crippen LogP contribution < -0.4 is 16.8 Å². The molecule has 0 aliphatic carbocycles. The monoisotopic (exact) mass is 524 g/mol. The number of nitrogens with zero attached hydrogens (tertiary/aromatic N) is 1. The van der Waals surface area contributed by atoms with E-state index in [0.29, 0.717) is 6.42 Å². The second-order valence-electron chi connectivity index (χ2n) is 10.7. The zero-order valence-corrected chi connectivity index (χ0v) is 24.1. The van der Waals surface area contributed by atoms with Gasteiger partial charge in [0, 0.05) is 13.0 Å². The van der Waals surface area contributed by atoms with Gasteiger partial charge in [-0.2, -0.15) is 0 Å². The lowest BCUT2D eigenvalue weighted by Crippen LogP contribution is -2.41. The van der Waals surface area contributed by atoms with Gasteiger partial charge in [0.15, 0.2) is 5.96 Å². The van der Waals surface area contributed by atoms with Gasteiger partial charge in [-0.25, -0.2) is 4.79 Å². The number of carbonyl (C=O) groups is 2. The highest BCUT2D eigenvalue weighted by Crippen LogP contribution is 2.15. The van der Waals surface area contributed by atoms with Gasteiger partial charge in [-0.3, -0.25) is 9.79 Å². The minimum absolute atomic E-state index is 0.0784. The summed E-state index contributed by atoms with van der Waals surface area (Å²) in [6.07, 6.45) is 29.9. The molecule has 0 aliphatic rings. The van der Waals surface area contributed by atoms with E-state index < -0.39 is 12.0 Å². The second kappa shape index (κ2) is 27.3. The maximum Gasteiger partial charge on any atom is 0.326 e. The number of carboxylic acids is 1. The molecular weight excluding hydrogens is 464 g/mol. The number of nitrogens with two attached hydrogens (primary N) is 2. The molecule has 7 heteroatoms. The fourth-order valence-electron chi connectivity index (χ4n) is 4.74. The topological polar surface area (TPSA) is 131 Å². The molecule has 6 N–H and O–H groups in total. The summed E-state index contributed by atoms with van der Waals surface area (Å²) >= 11 is 0. The highest BCUT2D eigenvalue weighted by atomic mass is 16.4. The third-order valence-corrected chi connectivity index (χ3v) is 7.10. The summed E-state index contributed by atoms with van der Waals surface area (Å²) in [5, 5.41) is 11.8. The first-order chi connectivity index (χ1) is 18.0. The highest BCUT2D eigenvalue weighted by Gasteiger charge is 2.19. The van der Waals surface area contributed by atoms with Gasteiger partial charge in [0.05, 0.1) is 0 Å². The molecule has 1 atom stereocenters. The van der Waals surface area contributed by atoms with E-state index in [2.05, 4.69) is 17.2 Å². The van der Waals surface area contributed by atoms with Gasteiger partial charge in [-0.05, 0) is 12.8 Å². The molecular formula is C30H60N4O3. The molecule has 0 heterocycles. The van der Waals surface area contributed by atoms with Gasteiger partial charge in [-0.1, -0.05) is 142 Å². The largest absolute Gasteiger partial charge is 0.480 e. The summed E-state index contributed by atoms with van der Waals surface area (Å²) in [5.41, 5.74) is 10.5. The number of rotatable bonds is 28. The molecule has 0 aliphatic heterocycles. The van der Waals surface area contributed by atoms with Gasteiger partial charge in [0.2, 0.25) is 5.91 Å². The third-order valence-electron chi connectivity index (χ3n) is 7.10. The van der Waals surface area contributed by atoms with E-state index in [0.717, 1.165) is 19.3 Å². The molecule has 0 aromatic heterocycles. The lowest BCUT2D eigenvalue weighted by molar-refractivity contribution is -0.142. The fourth-order valence-corrected chi connectivity index (χ4v) is 4.74. The molecule has 0 unspecified atom stereocenters. The van der Waals surface area contributed by atoms with Crippen LogP contribution in [0.3, 0.4) is 0 Å². The van der Waals surface area contributed by atoms with Crippen molar-refractivity contribution >= 4 is 17.8 Å². The first-order valence-electron chi connectivity index (χ1n) is 15.5. The van der Waals surface area contributed by atoms with E-state index >= 15 is 0 Å². The number of amides is 1. The van der Waals surface area contributed by atoms with Crippen molar-refractivity contribution in [3.05, 3.63) is 0 Å². The Bertz CT molecular complexity index is 565.